The summed E-state index contributed by atoms with van der Waals surface area (Å²) in [5, 5.41) is 9.47. The van der Waals surface area contributed by atoms with Gasteiger partial charge in [-0.15, -0.1) is 0 Å². The standard InChI is InChI=1S/C23H18F5N9O2/c1-21(19(38)32-11-4-2-7-30-10-11)13-15(29)33-17(34-16(13)35-20(21)39)14-12-5-3-8-31-18(12)37(36-14)9-6-22(24,25)23(26,27)28/h2-5,7-8,10H,6,9H2,1H3,(H,32,38)(H3,29,33,34,35,39). The second-order valence-electron chi connectivity index (χ2n) is 8.83. The van der Waals surface area contributed by atoms with Gasteiger partial charge in [0.2, 0.25) is 11.8 Å². The number of amides is 2. The Hall–Kier alpha value is -4.76. The van der Waals surface area contributed by atoms with Gasteiger partial charge in [-0.1, -0.05) is 0 Å². The van der Waals surface area contributed by atoms with E-state index in [9.17, 15) is 31.5 Å². The molecule has 202 valence electrons. The fourth-order valence-corrected chi connectivity index (χ4v) is 4.14. The molecule has 1 aliphatic rings. The molecule has 0 aromatic carbocycles. The number of nitrogens with zero attached hydrogens (tertiary/aromatic N) is 6. The van der Waals surface area contributed by atoms with Crippen molar-refractivity contribution in [2.75, 3.05) is 16.4 Å². The van der Waals surface area contributed by atoms with Crippen LogP contribution in [0.5, 0.6) is 0 Å². The van der Waals surface area contributed by atoms with E-state index in [0.29, 0.717) is 5.69 Å². The number of hydrogen-bond donors (Lipinski definition) is 3. The first kappa shape index (κ1) is 25.9. The van der Waals surface area contributed by atoms with Crippen molar-refractivity contribution in [1.82, 2.24) is 29.7 Å². The minimum absolute atomic E-state index is 0.00400. The van der Waals surface area contributed by atoms with E-state index in [2.05, 4.69) is 35.7 Å². The summed E-state index contributed by atoms with van der Waals surface area (Å²) in [7, 11) is 0. The molecule has 5 heterocycles. The molecule has 0 saturated heterocycles. The van der Waals surface area contributed by atoms with Crippen molar-refractivity contribution in [1.29, 1.82) is 0 Å². The highest BCUT2D eigenvalue weighted by Crippen LogP contribution is 2.42. The number of alkyl halides is 5. The van der Waals surface area contributed by atoms with Crippen molar-refractivity contribution in [3.8, 4) is 11.5 Å². The first-order chi connectivity index (χ1) is 18.3. The van der Waals surface area contributed by atoms with Crippen molar-refractivity contribution < 1.29 is 31.5 Å². The summed E-state index contributed by atoms with van der Waals surface area (Å²) in [4.78, 5) is 42.5. The second kappa shape index (κ2) is 8.92. The molecule has 16 heteroatoms. The Morgan fingerprint density at radius 2 is 1.90 bits per heavy atom. The van der Waals surface area contributed by atoms with Gasteiger partial charge in [-0.2, -0.15) is 27.1 Å². The van der Waals surface area contributed by atoms with Gasteiger partial charge < -0.3 is 16.4 Å². The molecule has 0 spiro atoms. The normalized spacial score (nSPS) is 17.2. The lowest BCUT2D eigenvalue weighted by Crippen LogP contribution is -2.43. The summed E-state index contributed by atoms with van der Waals surface area (Å²) in [6.45, 7) is 0.526. The van der Waals surface area contributed by atoms with Crippen molar-refractivity contribution in [2.45, 2.75) is 37.4 Å². The molecular formula is C23H18F5N9O2. The Morgan fingerprint density at radius 1 is 1.15 bits per heavy atom. The predicted molar refractivity (Wildman–Crippen MR) is 127 cm³/mol. The van der Waals surface area contributed by atoms with Crippen LogP contribution in [0, 0.1) is 0 Å². The van der Waals surface area contributed by atoms with Gasteiger partial charge in [0.15, 0.2) is 16.9 Å². The van der Waals surface area contributed by atoms with Crippen LogP contribution in [-0.2, 0) is 21.5 Å². The number of carbonyl (C=O) groups excluding carboxylic acids is 2. The van der Waals surface area contributed by atoms with Crippen LogP contribution >= 0.6 is 0 Å². The van der Waals surface area contributed by atoms with E-state index in [4.69, 9.17) is 5.73 Å². The van der Waals surface area contributed by atoms with Gasteiger partial charge >= 0.3 is 12.1 Å². The SMILES string of the molecule is CC1(C(=O)Nc2cccnc2)C(=O)Nc2nc(-c3nn(CCC(F)(F)C(F)(F)F)c4ncccc34)nc(N)c21. The van der Waals surface area contributed by atoms with E-state index in [1.54, 1.807) is 12.1 Å². The third-order valence-electron chi connectivity index (χ3n) is 6.27. The molecule has 0 bridgehead atoms. The van der Waals surface area contributed by atoms with Crippen LogP contribution < -0.4 is 16.4 Å². The molecule has 39 heavy (non-hydrogen) atoms. The van der Waals surface area contributed by atoms with E-state index in [1.165, 1.54) is 37.6 Å². The van der Waals surface area contributed by atoms with Gasteiger partial charge in [0, 0.05) is 25.4 Å². The van der Waals surface area contributed by atoms with Gasteiger partial charge in [0.25, 0.3) is 0 Å². The largest absolute Gasteiger partial charge is 0.453 e. The number of halogens is 5. The van der Waals surface area contributed by atoms with E-state index in [0.717, 1.165) is 4.68 Å². The molecule has 1 atom stereocenters. The van der Waals surface area contributed by atoms with Crippen molar-refractivity contribution >= 4 is 40.2 Å². The summed E-state index contributed by atoms with van der Waals surface area (Å²) in [6.07, 6.45) is -3.09. The van der Waals surface area contributed by atoms with Crippen LogP contribution in [0.15, 0.2) is 42.9 Å². The third-order valence-corrected chi connectivity index (χ3v) is 6.27. The topological polar surface area (TPSA) is 154 Å². The summed E-state index contributed by atoms with van der Waals surface area (Å²) in [5.74, 6) is -6.89. The maximum Gasteiger partial charge on any atom is 0.453 e. The Bertz CT molecular complexity index is 1610. The molecule has 1 unspecified atom stereocenters. The summed E-state index contributed by atoms with van der Waals surface area (Å²) < 4.78 is 66.0. The summed E-state index contributed by atoms with van der Waals surface area (Å²) in [6, 6.07) is 6.17. The number of nitrogens with two attached hydrogens (primary N) is 1. The fraction of sp³-hybridized carbons (Fsp3) is 0.261. The van der Waals surface area contributed by atoms with Gasteiger partial charge in [0.05, 0.1) is 22.8 Å². The highest BCUT2D eigenvalue weighted by atomic mass is 19.4. The fourth-order valence-electron chi connectivity index (χ4n) is 4.14. The lowest BCUT2D eigenvalue weighted by atomic mass is 9.83. The third kappa shape index (κ3) is 4.26. The van der Waals surface area contributed by atoms with Crippen LogP contribution in [0.3, 0.4) is 0 Å². The zero-order chi connectivity index (χ0) is 28.2. The van der Waals surface area contributed by atoms with E-state index < -0.39 is 42.3 Å². The zero-order valence-electron chi connectivity index (χ0n) is 19.9. The number of aryl methyl sites for hydroxylation is 1. The highest BCUT2D eigenvalue weighted by molar-refractivity contribution is 6.23. The average molecular weight is 547 g/mol. The minimum atomic E-state index is -5.72. The molecule has 0 aliphatic carbocycles. The van der Waals surface area contributed by atoms with E-state index in [-0.39, 0.29) is 39.8 Å². The Morgan fingerprint density at radius 3 is 2.59 bits per heavy atom. The van der Waals surface area contributed by atoms with Crippen LogP contribution in [-0.4, -0.2) is 53.6 Å². The number of nitrogen functional groups attached to an aromatic ring is 1. The number of anilines is 3. The number of carbonyl (C=O) groups is 2. The molecule has 4 N–H and O–H groups in total. The van der Waals surface area contributed by atoms with Gasteiger partial charge in [0.1, 0.15) is 17.3 Å². The Labute approximate surface area is 215 Å². The zero-order valence-corrected chi connectivity index (χ0v) is 19.9. The molecule has 4 aromatic rings. The second-order valence-corrected chi connectivity index (χ2v) is 8.83. The Balaban J connectivity index is 1.53. The molecule has 0 saturated carbocycles. The van der Waals surface area contributed by atoms with Gasteiger partial charge in [-0.3, -0.25) is 14.6 Å². The highest BCUT2D eigenvalue weighted by Gasteiger charge is 2.57. The monoisotopic (exact) mass is 547 g/mol. The molecule has 0 fully saturated rings. The number of fused-ring (bicyclic) bond motifs is 2. The van der Waals surface area contributed by atoms with Crippen molar-refractivity contribution in [2.24, 2.45) is 0 Å². The Kier molecular flexibility index (Phi) is 5.92. The summed E-state index contributed by atoms with van der Waals surface area (Å²) in [5.41, 5.74) is 4.69. The number of hydrogen-bond acceptors (Lipinski definition) is 8. The quantitative estimate of drug-likeness (QED) is 0.246. The molecule has 4 aromatic heterocycles. The number of nitrogens with one attached hydrogen (secondary N) is 2. The maximum atomic E-state index is 13.6. The van der Waals surface area contributed by atoms with Gasteiger partial charge in [-0.05, 0) is 31.2 Å². The van der Waals surface area contributed by atoms with Crippen LogP contribution in [0.25, 0.3) is 22.6 Å². The molecule has 0 radical (unpaired) electrons. The number of rotatable bonds is 6. The molecule has 2 amide bonds. The van der Waals surface area contributed by atoms with Crippen molar-refractivity contribution in [3.63, 3.8) is 0 Å². The van der Waals surface area contributed by atoms with Gasteiger partial charge in [-0.25, -0.2) is 19.6 Å². The number of pyridine rings is 2. The molecule has 1 aliphatic heterocycles. The first-order valence-corrected chi connectivity index (χ1v) is 11.3. The van der Waals surface area contributed by atoms with Crippen LogP contribution in [0.2, 0.25) is 0 Å². The number of aromatic nitrogens is 6. The molecule has 11 nitrogen and oxygen atoms in total. The van der Waals surface area contributed by atoms with E-state index in [1.807, 2.05) is 0 Å². The maximum absolute atomic E-state index is 13.6. The lowest BCUT2D eigenvalue weighted by Gasteiger charge is -2.21. The van der Waals surface area contributed by atoms with E-state index >= 15 is 0 Å². The summed E-state index contributed by atoms with van der Waals surface area (Å²) >= 11 is 0. The molecular weight excluding hydrogens is 529 g/mol. The van der Waals surface area contributed by atoms with Crippen LogP contribution in [0.4, 0.5) is 39.3 Å². The molecule has 5 rings (SSSR count). The minimum Gasteiger partial charge on any atom is -0.383 e. The first-order valence-electron chi connectivity index (χ1n) is 11.3. The predicted octanol–water partition coefficient (Wildman–Crippen LogP) is 3.30. The smallest absolute Gasteiger partial charge is 0.383 e. The lowest BCUT2D eigenvalue weighted by molar-refractivity contribution is -0.285. The van der Waals surface area contributed by atoms with Crippen molar-refractivity contribution in [3.05, 3.63) is 48.4 Å². The van der Waals surface area contributed by atoms with Crippen LogP contribution in [0.1, 0.15) is 18.9 Å². The average Bonchev–Trinajstić information content (AvgIpc) is 3.38.